The number of carbonyl (C=O) groups excluding carboxylic acids is 1. The predicted molar refractivity (Wildman–Crippen MR) is 65.9 cm³/mol. The summed E-state index contributed by atoms with van der Waals surface area (Å²) >= 11 is 0. The quantitative estimate of drug-likeness (QED) is 0.837. The van der Waals surface area contributed by atoms with Gasteiger partial charge < -0.3 is 15.2 Å². The van der Waals surface area contributed by atoms with Gasteiger partial charge in [0, 0.05) is 0 Å². The zero-order valence-electron chi connectivity index (χ0n) is 10.9. The van der Waals surface area contributed by atoms with E-state index < -0.39 is 30.8 Å². The molecule has 0 aliphatic rings. The summed E-state index contributed by atoms with van der Waals surface area (Å²) in [6.45, 7) is -1.02. The highest BCUT2D eigenvalue weighted by Crippen LogP contribution is 2.19. The zero-order chi connectivity index (χ0) is 15.2. The van der Waals surface area contributed by atoms with E-state index in [1.165, 1.54) is 0 Å². The molecule has 112 valence electrons. The minimum absolute atomic E-state index is 0.387. The third kappa shape index (κ3) is 5.18. The van der Waals surface area contributed by atoms with Crippen molar-refractivity contribution >= 4 is 5.91 Å². The highest BCUT2D eigenvalue weighted by atomic mass is 19.4. The van der Waals surface area contributed by atoms with E-state index in [4.69, 9.17) is 0 Å². The molecule has 4 nitrogen and oxygen atoms in total. The Morgan fingerprint density at radius 3 is 2.40 bits per heavy atom. The van der Waals surface area contributed by atoms with Crippen molar-refractivity contribution in [3.63, 3.8) is 0 Å². The minimum atomic E-state index is -4.47. The lowest BCUT2D eigenvalue weighted by atomic mass is 9.93. The van der Waals surface area contributed by atoms with E-state index in [1.54, 1.807) is 37.3 Å². The predicted octanol–water partition coefficient (Wildman–Crippen LogP) is 1.59. The molecule has 1 unspecified atom stereocenters. The summed E-state index contributed by atoms with van der Waals surface area (Å²) in [4.78, 5) is 11.6. The highest BCUT2D eigenvalue weighted by molar-refractivity contribution is 5.78. The van der Waals surface area contributed by atoms with Crippen LogP contribution in [0.25, 0.3) is 0 Å². The van der Waals surface area contributed by atoms with Crippen LogP contribution in [0.1, 0.15) is 12.5 Å². The van der Waals surface area contributed by atoms with Crippen LogP contribution in [0.2, 0.25) is 0 Å². The molecule has 0 saturated heterocycles. The van der Waals surface area contributed by atoms with Crippen molar-refractivity contribution in [1.82, 2.24) is 5.32 Å². The molecule has 20 heavy (non-hydrogen) atoms. The Bertz CT molecular complexity index is 436. The first-order chi connectivity index (χ1) is 9.27. The third-order valence-corrected chi connectivity index (χ3v) is 2.64. The van der Waals surface area contributed by atoms with Crippen molar-refractivity contribution in [2.24, 2.45) is 0 Å². The number of alkyl halides is 3. The van der Waals surface area contributed by atoms with Crippen LogP contribution in [0, 0.1) is 0 Å². The monoisotopic (exact) mass is 291 g/mol. The largest absolute Gasteiger partial charge is 0.411 e. The van der Waals surface area contributed by atoms with Gasteiger partial charge in [0.2, 0.25) is 5.91 Å². The molecular formula is C13H16F3NO3. The van der Waals surface area contributed by atoms with Crippen molar-refractivity contribution in [1.29, 1.82) is 0 Å². The molecule has 0 bridgehead atoms. The number of halogens is 3. The van der Waals surface area contributed by atoms with Gasteiger partial charge in [-0.2, -0.15) is 13.2 Å². The molecule has 7 heteroatoms. The fraction of sp³-hybridized carbons (Fsp3) is 0.462. The SMILES string of the molecule is CC(CO)(NC(=O)COCC(F)(F)F)c1ccccc1. The van der Waals surface area contributed by atoms with Gasteiger partial charge in [-0.3, -0.25) is 4.79 Å². The Morgan fingerprint density at radius 1 is 1.30 bits per heavy atom. The van der Waals surface area contributed by atoms with E-state index in [-0.39, 0.29) is 6.61 Å². The standard InChI is InChI=1S/C13H16F3NO3/c1-12(8-18,10-5-3-2-4-6-10)17-11(19)7-20-9-13(14,15)16/h2-6,18H,7-9H2,1H3,(H,17,19). The second-order valence-corrected chi connectivity index (χ2v) is 4.51. The molecule has 0 spiro atoms. The number of aliphatic hydroxyl groups excluding tert-OH is 1. The molecule has 1 atom stereocenters. The molecule has 0 fully saturated rings. The van der Waals surface area contributed by atoms with Gasteiger partial charge in [0.15, 0.2) is 0 Å². The number of hydrogen-bond acceptors (Lipinski definition) is 3. The maximum absolute atomic E-state index is 11.9. The first kappa shape index (κ1) is 16.5. The summed E-state index contributed by atoms with van der Waals surface area (Å²) in [6.07, 6.45) is -4.47. The average Bonchev–Trinajstić information content (AvgIpc) is 2.38. The first-order valence-electron chi connectivity index (χ1n) is 5.89. The average molecular weight is 291 g/mol. The molecule has 1 amide bonds. The summed E-state index contributed by atoms with van der Waals surface area (Å²) in [5, 5.41) is 11.9. The van der Waals surface area contributed by atoms with Gasteiger partial charge in [-0.1, -0.05) is 30.3 Å². The lowest BCUT2D eigenvalue weighted by Crippen LogP contribution is -2.47. The Balaban J connectivity index is 2.58. The molecule has 0 aliphatic carbocycles. The van der Waals surface area contributed by atoms with Gasteiger partial charge in [-0.05, 0) is 12.5 Å². The van der Waals surface area contributed by atoms with E-state index in [0.29, 0.717) is 5.56 Å². The van der Waals surface area contributed by atoms with Crippen LogP contribution in [0.15, 0.2) is 30.3 Å². The van der Waals surface area contributed by atoms with Crippen LogP contribution in [0.4, 0.5) is 13.2 Å². The van der Waals surface area contributed by atoms with E-state index in [0.717, 1.165) is 0 Å². The fourth-order valence-electron chi connectivity index (χ4n) is 1.61. The zero-order valence-corrected chi connectivity index (χ0v) is 10.9. The number of amides is 1. The molecule has 0 saturated carbocycles. The van der Waals surface area contributed by atoms with Gasteiger partial charge in [0.05, 0.1) is 12.1 Å². The van der Waals surface area contributed by atoms with Gasteiger partial charge in [-0.25, -0.2) is 0 Å². The lowest BCUT2D eigenvalue weighted by Gasteiger charge is -2.29. The van der Waals surface area contributed by atoms with Crippen molar-refractivity contribution in [2.45, 2.75) is 18.6 Å². The molecule has 1 rings (SSSR count). The van der Waals surface area contributed by atoms with Crippen molar-refractivity contribution in [2.75, 3.05) is 19.8 Å². The third-order valence-electron chi connectivity index (χ3n) is 2.64. The Labute approximate surface area is 114 Å². The molecular weight excluding hydrogens is 275 g/mol. The van der Waals surface area contributed by atoms with Crippen LogP contribution < -0.4 is 5.32 Å². The number of hydrogen-bond donors (Lipinski definition) is 2. The Morgan fingerprint density at radius 2 is 1.90 bits per heavy atom. The maximum Gasteiger partial charge on any atom is 0.411 e. The summed E-state index contributed by atoms with van der Waals surface area (Å²) in [5.74, 6) is -0.727. The summed E-state index contributed by atoms with van der Waals surface area (Å²) < 4.78 is 39.9. The van der Waals surface area contributed by atoms with Gasteiger partial charge in [0.25, 0.3) is 0 Å². The number of rotatable bonds is 6. The van der Waals surface area contributed by atoms with Crippen LogP contribution in [-0.2, 0) is 15.1 Å². The summed E-state index contributed by atoms with van der Waals surface area (Å²) in [5.41, 5.74) is -0.424. The van der Waals surface area contributed by atoms with Crippen LogP contribution in [0.3, 0.4) is 0 Å². The molecule has 1 aromatic carbocycles. The number of nitrogens with one attached hydrogen (secondary N) is 1. The van der Waals surface area contributed by atoms with Gasteiger partial charge >= 0.3 is 6.18 Å². The number of ether oxygens (including phenoxy) is 1. The van der Waals surface area contributed by atoms with Crippen LogP contribution >= 0.6 is 0 Å². The van der Waals surface area contributed by atoms with Gasteiger partial charge in [-0.15, -0.1) is 0 Å². The second kappa shape index (κ2) is 6.71. The van der Waals surface area contributed by atoms with Crippen molar-refractivity contribution in [3.05, 3.63) is 35.9 Å². The van der Waals surface area contributed by atoms with E-state index >= 15 is 0 Å². The maximum atomic E-state index is 11.9. The molecule has 2 N–H and O–H groups in total. The van der Waals surface area contributed by atoms with Crippen LogP contribution in [-0.4, -0.2) is 37.0 Å². The molecule has 1 aromatic rings. The molecule has 0 radical (unpaired) electrons. The van der Waals surface area contributed by atoms with E-state index in [2.05, 4.69) is 10.1 Å². The molecule has 0 aromatic heterocycles. The van der Waals surface area contributed by atoms with Crippen LogP contribution in [0.5, 0.6) is 0 Å². The van der Waals surface area contributed by atoms with Crippen molar-refractivity contribution < 1.29 is 27.8 Å². The van der Waals surface area contributed by atoms with Crippen molar-refractivity contribution in [3.8, 4) is 0 Å². The minimum Gasteiger partial charge on any atom is -0.394 e. The molecule has 0 heterocycles. The Kier molecular flexibility index (Phi) is 5.52. The summed E-state index contributed by atoms with van der Waals surface area (Å²) in [7, 11) is 0. The number of aliphatic hydroxyl groups is 1. The first-order valence-corrected chi connectivity index (χ1v) is 5.89. The smallest absolute Gasteiger partial charge is 0.394 e. The Hall–Kier alpha value is -1.60. The number of benzene rings is 1. The highest BCUT2D eigenvalue weighted by Gasteiger charge is 2.30. The van der Waals surface area contributed by atoms with E-state index in [1.807, 2.05) is 0 Å². The summed E-state index contributed by atoms with van der Waals surface area (Å²) in [6, 6.07) is 8.64. The topological polar surface area (TPSA) is 58.6 Å². The number of carbonyl (C=O) groups is 1. The molecule has 0 aliphatic heterocycles. The second-order valence-electron chi connectivity index (χ2n) is 4.51. The lowest BCUT2D eigenvalue weighted by molar-refractivity contribution is -0.176. The normalized spacial score (nSPS) is 14.7. The fourth-order valence-corrected chi connectivity index (χ4v) is 1.61. The van der Waals surface area contributed by atoms with Gasteiger partial charge in [0.1, 0.15) is 13.2 Å². The van der Waals surface area contributed by atoms with E-state index in [9.17, 15) is 23.1 Å².